The molecular formula is C25H28FN3O7S. The Morgan fingerprint density at radius 1 is 1.16 bits per heavy atom. The van der Waals surface area contributed by atoms with Crippen molar-refractivity contribution in [1.82, 2.24) is 14.5 Å². The Morgan fingerprint density at radius 3 is 2.57 bits per heavy atom. The van der Waals surface area contributed by atoms with Crippen molar-refractivity contribution in [3.8, 4) is 0 Å². The maximum atomic E-state index is 13.6. The smallest absolute Gasteiger partial charge is 0.276 e. The number of carbonyl (C=O) groups excluding carboxylic acids is 3. The molecule has 3 saturated heterocycles. The first-order valence-electron chi connectivity index (χ1n) is 12.3. The fourth-order valence-corrected chi connectivity index (χ4v) is 6.69. The average molecular weight is 534 g/mol. The molecule has 3 unspecified atom stereocenters. The van der Waals surface area contributed by atoms with Crippen molar-refractivity contribution >= 4 is 27.6 Å². The number of nitrogens with zero attached hydrogens (tertiary/aromatic N) is 2. The summed E-state index contributed by atoms with van der Waals surface area (Å²) in [5.74, 6) is -1.68. The number of benzene rings is 1. The van der Waals surface area contributed by atoms with E-state index < -0.39 is 39.7 Å². The van der Waals surface area contributed by atoms with Crippen LogP contribution in [0.15, 0.2) is 39.8 Å². The van der Waals surface area contributed by atoms with Crippen LogP contribution in [0.25, 0.3) is 0 Å². The molecule has 0 bridgehead atoms. The van der Waals surface area contributed by atoms with Crippen molar-refractivity contribution in [2.75, 3.05) is 26.2 Å². The molecule has 3 atom stereocenters. The molecule has 3 aliphatic rings. The Labute approximate surface area is 213 Å². The number of fused-ring (bicyclic) bond motifs is 1. The molecule has 0 radical (unpaired) electrons. The summed E-state index contributed by atoms with van der Waals surface area (Å²) < 4.78 is 51.5. The van der Waals surface area contributed by atoms with Crippen molar-refractivity contribution in [2.24, 2.45) is 0 Å². The predicted octanol–water partition coefficient (Wildman–Crippen LogP) is 1.42. The van der Waals surface area contributed by atoms with E-state index in [2.05, 4.69) is 5.32 Å². The molecule has 0 aliphatic carbocycles. The summed E-state index contributed by atoms with van der Waals surface area (Å²) in [6.07, 6.45) is 1.70. The summed E-state index contributed by atoms with van der Waals surface area (Å²) >= 11 is 0. The lowest BCUT2D eigenvalue weighted by atomic mass is 10.0. The Kier molecular flexibility index (Phi) is 6.90. The molecule has 1 N–H and O–H groups in total. The largest absolute Gasteiger partial charge is 0.448 e. The van der Waals surface area contributed by atoms with Crippen LogP contribution in [0.3, 0.4) is 0 Å². The number of Topliss-reactive ketones (excluding diaryl/α,β-unsaturated/α-hetero) is 1. The standard InChI is InChI=1S/C25H28FN3O7S/c1-15-18(13-22(36-15)37(33,34)28-9-2-3-10-28)24(31)27-19(12-16-4-6-17(26)7-5-16)25(32)29-11-8-21-23(29)20(30)14-35-21/h4-7,13,19,21,23H,2-3,8-12,14H2,1H3,(H,27,31). The number of rotatable bonds is 7. The molecule has 2 amide bonds. The van der Waals surface area contributed by atoms with Crippen LogP contribution in [0.4, 0.5) is 4.39 Å². The minimum absolute atomic E-state index is 0.00532. The molecule has 3 fully saturated rings. The highest BCUT2D eigenvalue weighted by Gasteiger charge is 2.48. The zero-order valence-corrected chi connectivity index (χ0v) is 21.1. The number of hydrogen-bond acceptors (Lipinski definition) is 7. The van der Waals surface area contributed by atoms with Gasteiger partial charge in [0.15, 0.2) is 5.78 Å². The number of sulfonamides is 1. The van der Waals surface area contributed by atoms with E-state index in [9.17, 15) is 27.2 Å². The Hall–Kier alpha value is -3.09. The number of halogens is 1. The van der Waals surface area contributed by atoms with Crippen molar-refractivity contribution in [3.63, 3.8) is 0 Å². The van der Waals surface area contributed by atoms with E-state index in [0.29, 0.717) is 31.6 Å². The number of ether oxygens (including phenoxy) is 1. The van der Waals surface area contributed by atoms with E-state index in [-0.39, 0.29) is 41.3 Å². The van der Waals surface area contributed by atoms with Crippen LogP contribution < -0.4 is 5.32 Å². The van der Waals surface area contributed by atoms with Crippen LogP contribution in [0, 0.1) is 12.7 Å². The van der Waals surface area contributed by atoms with Gasteiger partial charge in [-0.3, -0.25) is 14.4 Å². The van der Waals surface area contributed by atoms with Crippen molar-refractivity contribution in [3.05, 3.63) is 53.0 Å². The lowest BCUT2D eigenvalue weighted by molar-refractivity contribution is -0.138. The molecule has 3 aliphatic heterocycles. The van der Waals surface area contributed by atoms with Crippen LogP contribution in [0.5, 0.6) is 0 Å². The highest BCUT2D eigenvalue weighted by molar-refractivity contribution is 7.89. The second kappa shape index (κ2) is 9.99. The Morgan fingerprint density at radius 2 is 1.86 bits per heavy atom. The van der Waals surface area contributed by atoms with Crippen LogP contribution in [0.1, 0.15) is 40.9 Å². The summed E-state index contributed by atoms with van der Waals surface area (Å²) in [5.41, 5.74) is 0.597. The fourth-order valence-electron chi connectivity index (χ4n) is 5.20. The molecular weight excluding hydrogens is 505 g/mol. The molecule has 37 heavy (non-hydrogen) atoms. The minimum atomic E-state index is -3.88. The van der Waals surface area contributed by atoms with Gasteiger partial charge in [0.1, 0.15) is 30.3 Å². The normalized spacial score (nSPS) is 22.9. The van der Waals surface area contributed by atoms with Crippen LogP contribution >= 0.6 is 0 Å². The highest BCUT2D eigenvalue weighted by Crippen LogP contribution is 2.29. The van der Waals surface area contributed by atoms with Crippen molar-refractivity contribution < 1.29 is 36.3 Å². The molecule has 4 heterocycles. The molecule has 0 saturated carbocycles. The van der Waals surface area contributed by atoms with Crippen LogP contribution in [0.2, 0.25) is 0 Å². The number of ketones is 1. The molecule has 198 valence electrons. The zero-order chi connectivity index (χ0) is 26.3. The number of hydrogen-bond donors (Lipinski definition) is 1. The summed E-state index contributed by atoms with van der Waals surface area (Å²) in [4.78, 5) is 40.7. The number of amides is 2. The number of furan rings is 1. The first-order valence-corrected chi connectivity index (χ1v) is 13.7. The monoisotopic (exact) mass is 533 g/mol. The van der Waals surface area contributed by atoms with Gasteiger partial charge in [-0.05, 0) is 43.9 Å². The van der Waals surface area contributed by atoms with Gasteiger partial charge >= 0.3 is 0 Å². The van der Waals surface area contributed by atoms with Gasteiger partial charge in [0.05, 0.1) is 11.7 Å². The van der Waals surface area contributed by atoms with Crippen molar-refractivity contribution in [1.29, 1.82) is 0 Å². The summed E-state index contributed by atoms with van der Waals surface area (Å²) in [5, 5.41) is 2.37. The average Bonchev–Trinajstić information content (AvgIpc) is 3.66. The zero-order valence-electron chi connectivity index (χ0n) is 20.3. The molecule has 5 rings (SSSR count). The lowest BCUT2D eigenvalue weighted by Gasteiger charge is -2.27. The molecule has 1 aromatic carbocycles. The molecule has 10 nitrogen and oxygen atoms in total. The fraction of sp³-hybridized carbons (Fsp3) is 0.480. The third kappa shape index (κ3) is 4.92. The summed E-state index contributed by atoms with van der Waals surface area (Å²) in [7, 11) is -3.88. The van der Waals surface area contributed by atoms with E-state index in [0.717, 1.165) is 12.8 Å². The van der Waals surface area contributed by atoms with Gasteiger partial charge in [-0.25, -0.2) is 12.8 Å². The number of likely N-dealkylation sites (tertiary alicyclic amines) is 1. The quantitative estimate of drug-likeness (QED) is 0.571. The molecule has 12 heteroatoms. The second-order valence-corrected chi connectivity index (χ2v) is 11.5. The first kappa shape index (κ1) is 25.6. The maximum absolute atomic E-state index is 13.6. The minimum Gasteiger partial charge on any atom is -0.448 e. The van der Waals surface area contributed by atoms with Crippen molar-refractivity contribution in [2.45, 2.75) is 55.9 Å². The highest BCUT2D eigenvalue weighted by atomic mass is 32.2. The van der Waals surface area contributed by atoms with Gasteiger partial charge in [-0.15, -0.1) is 0 Å². The SMILES string of the molecule is Cc1oc(S(=O)(=O)N2CCCC2)cc1C(=O)NC(Cc1ccc(F)cc1)C(=O)N1CCC2OCC(=O)C21. The number of carbonyl (C=O) groups is 3. The van der Waals surface area contributed by atoms with E-state index >= 15 is 0 Å². The maximum Gasteiger partial charge on any atom is 0.276 e. The van der Waals surface area contributed by atoms with Gasteiger partial charge in [-0.2, -0.15) is 4.31 Å². The summed E-state index contributed by atoms with van der Waals surface area (Å²) in [6.45, 7) is 2.50. The molecule has 2 aromatic rings. The third-order valence-electron chi connectivity index (χ3n) is 7.15. The molecule has 1 aromatic heterocycles. The van der Waals surface area contributed by atoms with E-state index in [1.54, 1.807) is 0 Å². The van der Waals surface area contributed by atoms with E-state index in [4.69, 9.17) is 9.15 Å². The first-order chi connectivity index (χ1) is 17.6. The Bertz CT molecular complexity index is 1320. The Balaban J connectivity index is 1.39. The van der Waals surface area contributed by atoms with Gasteiger partial charge in [-0.1, -0.05) is 12.1 Å². The predicted molar refractivity (Wildman–Crippen MR) is 128 cm³/mol. The number of nitrogens with one attached hydrogen (secondary N) is 1. The van der Waals surface area contributed by atoms with Gasteiger partial charge < -0.3 is 19.4 Å². The van der Waals surface area contributed by atoms with Gasteiger partial charge in [0.25, 0.3) is 15.9 Å². The van der Waals surface area contributed by atoms with Gasteiger partial charge in [0, 0.05) is 32.1 Å². The van der Waals surface area contributed by atoms with Crippen LogP contribution in [-0.2, 0) is 30.8 Å². The summed E-state index contributed by atoms with van der Waals surface area (Å²) in [6, 6.07) is 4.94. The third-order valence-corrected chi connectivity index (χ3v) is 8.91. The van der Waals surface area contributed by atoms with E-state index in [1.165, 1.54) is 46.5 Å². The number of aryl methyl sites for hydroxylation is 1. The second-order valence-electron chi connectivity index (χ2n) is 9.58. The topological polar surface area (TPSA) is 126 Å². The van der Waals surface area contributed by atoms with Crippen LogP contribution in [-0.4, -0.2) is 79.6 Å². The van der Waals surface area contributed by atoms with Gasteiger partial charge in [0.2, 0.25) is 11.0 Å². The lowest BCUT2D eigenvalue weighted by Crippen LogP contribution is -2.53. The van der Waals surface area contributed by atoms with E-state index in [1.807, 2.05) is 0 Å². The molecule has 0 spiro atoms.